The molecule has 0 saturated heterocycles. The number of unbranched alkanes of at least 4 members (excludes halogenated alkanes) is 1. The third kappa shape index (κ3) is 3.46. The maximum absolute atomic E-state index is 11.7. The highest BCUT2D eigenvalue weighted by Gasteiger charge is 2.19. The van der Waals surface area contributed by atoms with Gasteiger partial charge in [0.1, 0.15) is 6.07 Å². The van der Waals surface area contributed by atoms with Crippen molar-refractivity contribution >= 4 is 15.7 Å². The van der Waals surface area contributed by atoms with E-state index in [1.54, 1.807) is 24.3 Å². The number of rotatable bonds is 5. The van der Waals surface area contributed by atoms with Gasteiger partial charge >= 0.3 is 0 Å². The molecule has 1 rings (SSSR count). The second-order valence-corrected chi connectivity index (χ2v) is 5.72. The Morgan fingerprint density at radius 3 is 2.53 bits per heavy atom. The zero-order valence-corrected chi connectivity index (χ0v) is 10.9. The third-order valence-electron chi connectivity index (χ3n) is 2.41. The molecular formula is C12H16N2O2S. The van der Waals surface area contributed by atoms with Crippen LogP contribution in [0.5, 0.6) is 0 Å². The van der Waals surface area contributed by atoms with E-state index in [4.69, 9.17) is 5.26 Å². The first-order valence-electron chi connectivity index (χ1n) is 5.47. The normalized spacial score (nSPS) is 10.9. The largest absolute Gasteiger partial charge is 0.269 e. The average molecular weight is 252 g/mol. The second-order valence-electron chi connectivity index (χ2n) is 3.82. The number of anilines is 1. The monoisotopic (exact) mass is 252 g/mol. The molecule has 1 aromatic carbocycles. The molecule has 0 aromatic heterocycles. The van der Waals surface area contributed by atoms with Crippen molar-refractivity contribution in [2.75, 3.05) is 17.1 Å². The van der Waals surface area contributed by atoms with E-state index in [2.05, 4.69) is 0 Å². The maximum Gasteiger partial charge on any atom is 0.232 e. The lowest BCUT2D eigenvalue weighted by molar-refractivity contribution is 0.594. The van der Waals surface area contributed by atoms with Crippen molar-refractivity contribution in [3.8, 4) is 6.07 Å². The molecule has 0 aliphatic carbocycles. The first-order chi connectivity index (χ1) is 8.00. The van der Waals surface area contributed by atoms with Crippen LogP contribution in [-0.2, 0) is 10.0 Å². The Balaban J connectivity index is 3.19. The highest BCUT2D eigenvalue weighted by atomic mass is 32.2. The molecule has 0 bridgehead atoms. The predicted molar refractivity (Wildman–Crippen MR) is 68.3 cm³/mol. The molecule has 0 fully saturated rings. The van der Waals surface area contributed by atoms with E-state index in [9.17, 15) is 8.42 Å². The van der Waals surface area contributed by atoms with Gasteiger partial charge in [-0.25, -0.2) is 8.42 Å². The Bertz CT molecular complexity index is 518. The lowest BCUT2D eigenvalue weighted by atomic mass is 10.2. The molecule has 0 heterocycles. The van der Waals surface area contributed by atoms with Gasteiger partial charge in [0.25, 0.3) is 0 Å². The summed E-state index contributed by atoms with van der Waals surface area (Å²) in [7, 11) is -3.34. The van der Waals surface area contributed by atoms with Crippen LogP contribution in [0.4, 0.5) is 5.69 Å². The molecule has 0 aliphatic heterocycles. The number of sulfonamides is 1. The zero-order valence-electron chi connectivity index (χ0n) is 10.0. The van der Waals surface area contributed by atoms with Crippen LogP contribution < -0.4 is 4.31 Å². The number of nitrogens with zero attached hydrogens (tertiary/aromatic N) is 2. The quantitative estimate of drug-likeness (QED) is 0.806. The van der Waals surface area contributed by atoms with Crippen molar-refractivity contribution in [3.05, 3.63) is 29.8 Å². The lowest BCUT2D eigenvalue weighted by Gasteiger charge is -2.23. The van der Waals surface area contributed by atoms with Crippen molar-refractivity contribution in [1.29, 1.82) is 5.26 Å². The molecule has 0 radical (unpaired) electrons. The van der Waals surface area contributed by atoms with Crippen LogP contribution in [0.1, 0.15) is 25.3 Å². The summed E-state index contributed by atoms with van der Waals surface area (Å²) in [6, 6.07) is 8.77. The lowest BCUT2D eigenvalue weighted by Crippen LogP contribution is -2.31. The SMILES string of the molecule is CCCCN(c1ccccc1C#N)S(C)(=O)=O. The summed E-state index contributed by atoms with van der Waals surface area (Å²) < 4.78 is 24.7. The number of hydrogen-bond acceptors (Lipinski definition) is 3. The van der Waals surface area contributed by atoms with Crippen molar-refractivity contribution < 1.29 is 8.42 Å². The highest BCUT2D eigenvalue weighted by Crippen LogP contribution is 2.22. The van der Waals surface area contributed by atoms with Gasteiger partial charge in [-0.3, -0.25) is 4.31 Å². The Labute approximate surface area is 103 Å². The molecule has 0 saturated carbocycles. The molecule has 92 valence electrons. The van der Waals surface area contributed by atoms with Crippen LogP contribution in [0.25, 0.3) is 0 Å². The van der Waals surface area contributed by atoms with E-state index in [-0.39, 0.29) is 0 Å². The Morgan fingerprint density at radius 2 is 2.00 bits per heavy atom. The van der Waals surface area contributed by atoms with Gasteiger partial charge in [-0.05, 0) is 18.6 Å². The van der Waals surface area contributed by atoms with Crippen LogP contribution in [0, 0.1) is 11.3 Å². The van der Waals surface area contributed by atoms with Gasteiger partial charge in [0.15, 0.2) is 0 Å². The topological polar surface area (TPSA) is 61.2 Å². The molecule has 17 heavy (non-hydrogen) atoms. The van der Waals surface area contributed by atoms with Crippen molar-refractivity contribution in [3.63, 3.8) is 0 Å². The highest BCUT2D eigenvalue weighted by molar-refractivity contribution is 7.92. The molecule has 0 atom stereocenters. The Morgan fingerprint density at radius 1 is 1.35 bits per heavy atom. The predicted octanol–water partition coefficient (Wildman–Crippen LogP) is 2.12. The molecule has 4 nitrogen and oxygen atoms in total. The van der Waals surface area contributed by atoms with Crippen molar-refractivity contribution in [1.82, 2.24) is 0 Å². The minimum atomic E-state index is -3.34. The standard InChI is InChI=1S/C12H16N2O2S/c1-3-4-9-14(17(2,15)16)12-8-6-5-7-11(12)10-13/h5-8H,3-4,9H2,1-2H3. The fourth-order valence-electron chi connectivity index (χ4n) is 1.55. The van der Waals surface area contributed by atoms with Crippen LogP contribution >= 0.6 is 0 Å². The molecule has 1 aromatic rings. The van der Waals surface area contributed by atoms with E-state index in [1.165, 1.54) is 4.31 Å². The number of benzene rings is 1. The van der Waals surface area contributed by atoms with Gasteiger partial charge in [0.2, 0.25) is 10.0 Å². The zero-order chi connectivity index (χ0) is 12.9. The minimum absolute atomic E-state index is 0.383. The van der Waals surface area contributed by atoms with E-state index < -0.39 is 10.0 Å². The van der Waals surface area contributed by atoms with Crippen molar-refractivity contribution in [2.45, 2.75) is 19.8 Å². The molecule has 0 unspecified atom stereocenters. The summed E-state index contributed by atoms with van der Waals surface area (Å²) in [5, 5.41) is 8.99. The van der Waals surface area contributed by atoms with E-state index in [0.717, 1.165) is 19.1 Å². The maximum atomic E-state index is 11.7. The van der Waals surface area contributed by atoms with Crippen LogP contribution in [-0.4, -0.2) is 21.2 Å². The summed E-state index contributed by atoms with van der Waals surface area (Å²) in [4.78, 5) is 0. The van der Waals surface area contributed by atoms with Crippen LogP contribution in [0.15, 0.2) is 24.3 Å². The number of hydrogen-bond donors (Lipinski definition) is 0. The fraction of sp³-hybridized carbons (Fsp3) is 0.417. The number of para-hydroxylation sites is 1. The summed E-state index contributed by atoms with van der Waals surface area (Å²) in [6.07, 6.45) is 2.84. The molecule has 0 N–H and O–H groups in total. The molecule has 0 amide bonds. The van der Waals surface area contributed by atoms with Gasteiger partial charge in [-0.1, -0.05) is 25.5 Å². The van der Waals surface area contributed by atoms with Gasteiger partial charge in [-0.2, -0.15) is 5.26 Å². The molecule has 0 spiro atoms. The molecular weight excluding hydrogens is 236 g/mol. The molecule has 0 aliphatic rings. The van der Waals surface area contributed by atoms with E-state index in [0.29, 0.717) is 17.8 Å². The molecule has 5 heteroatoms. The number of nitriles is 1. The minimum Gasteiger partial charge on any atom is -0.269 e. The van der Waals surface area contributed by atoms with Crippen molar-refractivity contribution in [2.24, 2.45) is 0 Å². The summed E-state index contributed by atoms with van der Waals surface area (Å²) >= 11 is 0. The van der Waals surface area contributed by atoms with Gasteiger partial charge in [-0.15, -0.1) is 0 Å². The fourth-order valence-corrected chi connectivity index (χ4v) is 2.53. The van der Waals surface area contributed by atoms with Gasteiger partial charge in [0, 0.05) is 6.54 Å². The third-order valence-corrected chi connectivity index (χ3v) is 3.59. The van der Waals surface area contributed by atoms with Crippen LogP contribution in [0.3, 0.4) is 0 Å². The van der Waals surface area contributed by atoms with E-state index >= 15 is 0 Å². The summed E-state index contributed by atoms with van der Waals surface area (Å²) in [6.45, 7) is 2.41. The van der Waals surface area contributed by atoms with Crippen LogP contribution in [0.2, 0.25) is 0 Å². The van der Waals surface area contributed by atoms with Gasteiger partial charge < -0.3 is 0 Å². The summed E-state index contributed by atoms with van der Waals surface area (Å²) in [5.41, 5.74) is 0.847. The smallest absolute Gasteiger partial charge is 0.232 e. The Kier molecular flexibility index (Phi) is 4.53. The van der Waals surface area contributed by atoms with Gasteiger partial charge in [0.05, 0.1) is 17.5 Å². The first-order valence-corrected chi connectivity index (χ1v) is 7.32. The second kappa shape index (κ2) is 5.69. The first kappa shape index (κ1) is 13.5. The van der Waals surface area contributed by atoms with E-state index in [1.807, 2.05) is 13.0 Å². The summed E-state index contributed by atoms with van der Waals surface area (Å²) in [5.74, 6) is 0. The Hall–Kier alpha value is -1.54. The average Bonchev–Trinajstić information content (AvgIpc) is 2.28.